The van der Waals surface area contributed by atoms with E-state index in [2.05, 4.69) is 11.9 Å². The SMILES string of the molecule is C=C(C)C(CN)C(=O)Nc1cccc(C)c1COc1cccc(-c2ccccc2Cl)c1. The van der Waals surface area contributed by atoms with Gasteiger partial charge < -0.3 is 15.8 Å². The van der Waals surface area contributed by atoms with Gasteiger partial charge in [0.05, 0.1) is 5.92 Å². The van der Waals surface area contributed by atoms with E-state index in [0.717, 1.165) is 33.6 Å². The number of nitrogens with one attached hydrogen (secondary N) is 1. The maximum absolute atomic E-state index is 12.7. The number of nitrogens with two attached hydrogens (primary N) is 1. The molecule has 0 aliphatic rings. The average Bonchev–Trinajstić information content (AvgIpc) is 2.74. The molecular weight excluding hydrogens is 408 g/mol. The monoisotopic (exact) mass is 434 g/mol. The number of rotatable bonds is 8. The molecule has 5 heteroatoms. The van der Waals surface area contributed by atoms with Crippen LogP contribution in [0, 0.1) is 12.8 Å². The molecule has 3 aromatic rings. The van der Waals surface area contributed by atoms with Gasteiger partial charge in [0.2, 0.25) is 5.91 Å². The van der Waals surface area contributed by atoms with E-state index in [0.29, 0.717) is 17.3 Å². The lowest BCUT2D eigenvalue weighted by Gasteiger charge is -2.18. The number of benzene rings is 3. The topological polar surface area (TPSA) is 64.4 Å². The maximum atomic E-state index is 12.7. The Balaban J connectivity index is 1.80. The van der Waals surface area contributed by atoms with Gasteiger partial charge in [0.25, 0.3) is 0 Å². The van der Waals surface area contributed by atoms with Gasteiger partial charge in [-0.15, -0.1) is 0 Å². The van der Waals surface area contributed by atoms with E-state index >= 15 is 0 Å². The molecule has 4 nitrogen and oxygen atoms in total. The molecule has 3 rings (SSSR count). The Morgan fingerprint density at radius 1 is 1.13 bits per heavy atom. The Labute approximate surface area is 188 Å². The first-order valence-electron chi connectivity index (χ1n) is 10.1. The molecule has 0 fully saturated rings. The van der Waals surface area contributed by atoms with Gasteiger partial charge in [-0.3, -0.25) is 4.79 Å². The number of hydrogen-bond donors (Lipinski definition) is 2. The minimum atomic E-state index is -0.429. The van der Waals surface area contributed by atoms with Gasteiger partial charge in [-0.25, -0.2) is 0 Å². The van der Waals surface area contributed by atoms with Crippen LogP contribution >= 0.6 is 11.6 Å². The number of aryl methyl sites for hydroxylation is 1. The minimum Gasteiger partial charge on any atom is -0.489 e. The molecule has 0 spiro atoms. The van der Waals surface area contributed by atoms with Crippen molar-refractivity contribution >= 4 is 23.2 Å². The molecule has 0 aromatic heterocycles. The summed E-state index contributed by atoms with van der Waals surface area (Å²) in [5, 5.41) is 3.68. The molecule has 0 heterocycles. The lowest BCUT2D eigenvalue weighted by atomic mass is 10.0. The van der Waals surface area contributed by atoms with Crippen LogP contribution < -0.4 is 15.8 Å². The second-order valence-corrected chi connectivity index (χ2v) is 7.93. The molecule has 0 saturated heterocycles. The zero-order chi connectivity index (χ0) is 22.4. The highest BCUT2D eigenvalue weighted by atomic mass is 35.5. The smallest absolute Gasteiger partial charge is 0.232 e. The van der Waals surface area contributed by atoms with E-state index in [9.17, 15) is 4.79 Å². The summed E-state index contributed by atoms with van der Waals surface area (Å²) in [5.74, 6) is 0.129. The molecule has 31 heavy (non-hydrogen) atoms. The zero-order valence-electron chi connectivity index (χ0n) is 17.8. The van der Waals surface area contributed by atoms with Crippen LogP contribution in [-0.4, -0.2) is 12.5 Å². The van der Waals surface area contributed by atoms with Crippen LogP contribution in [0.3, 0.4) is 0 Å². The third kappa shape index (κ3) is 5.54. The molecule has 0 aliphatic heterocycles. The molecule has 0 aliphatic carbocycles. The molecule has 1 atom stereocenters. The Kier molecular flexibility index (Phi) is 7.50. The summed E-state index contributed by atoms with van der Waals surface area (Å²) < 4.78 is 6.09. The van der Waals surface area contributed by atoms with Gasteiger partial charge in [0.15, 0.2) is 0 Å². The number of carbonyl (C=O) groups excluding carboxylic acids is 1. The molecule has 0 saturated carbocycles. The van der Waals surface area contributed by atoms with Crippen LogP contribution in [0.25, 0.3) is 11.1 Å². The first-order chi connectivity index (χ1) is 14.9. The fourth-order valence-corrected chi connectivity index (χ4v) is 3.61. The van der Waals surface area contributed by atoms with Gasteiger partial charge in [-0.05, 0) is 49.2 Å². The van der Waals surface area contributed by atoms with Gasteiger partial charge >= 0.3 is 0 Å². The summed E-state index contributed by atoms with van der Waals surface area (Å²) in [5.41, 5.74) is 11.1. The van der Waals surface area contributed by atoms with E-state index < -0.39 is 5.92 Å². The fraction of sp³-hybridized carbons (Fsp3) is 0.192. The van der Waals surface area contributed by atoms with E-state index in [1.807, 2.05) is 80.6 Å². The van der Waals surface area contributed by atoms with Gasteiger partial charge in [0.1, 0.15) is 12.4 Å². The molecule has 1 unspecified atom stereocenters. The number of anilines is 1. The van der Waals surface area contributed by atoms with Crippen LogP contribution in [0.4, 0.5) is 5.69 Å². The van der Waals surface area contributed by atoms with E-state index in [1.165, 1.54) is 0 Å². The van der Waals surface area contributed by atoms with Crippen LogP contribution in [0.15, 0.2) is 78.9 Å². The average molecular weight is 435 g/mol. The molecular formula is C26H27ClN2O2. The summed E-state index contributed by atoms with van der Waals surface area (Å²) >= 11 is 6.34. The highest BCUT2D eigenvalue weighted by molar-refractivity contribution is 6.33. The van der Waals surface area contributed by atoms with Crippen molar-refractivity contribution in [3.8, 4) is 16.9 Å². The predicted molar refractivity (Wildman–Crippen MR) is 128 cm³/mol. The largest absolute Gasteiger partial charge is 0.489 e. The summed E-state index contributed by atoms with van der Waals surface area (Å²) in [6, 6.07) is 21.3. The van der Waals surface area contributed by atoms with Crippen molar-refractivity contribution in [2.75, 3.05) is 11.9 Å². The quantitative estimate of drug-likeness (QED) is 0.428. The maximum Gasteiger partial charge on any atom is 0.232 e. The van der Waals surface area contributed by atoms with Crippen molar-refractivity contribution in [1.29, 1.82) is 0 Å². The number of amides is 1. The van der Waals surface area contributed by atoms with E-state index in [4.69, 9.17) is 22.1 Å². The Bertz CT molecular complexity index is 1090. The minimum absolute atomic E-state index is 0.164. The van der Waals surface area contributed by atoms with Gasteiger partial charge in [-0.2, -0.15) is 0 Å². The molecule has 0 bridgehead atoms. The zero-order valence-corrected chi connectivity index (χ0v) is 18.6. The van der Waals surface area contributed by atoms with Crippen LogP contribution in [-0.2, 0) is 11.4 Å². The van der Waals surface area contributed by atoms with Crippen LogP contribution in [0.2, 0.25) is 5.02 Å². The third-order valence-electron chi connectivity index (χ3n) is 5.22. The highest BCUT2D eigenvalue weighted by Crippen LogP contribution is 2.30. The number of ether oxygens (including phenoxy) is 1. The summed E-state index contributed by atoms with van der Waals surface area (Å²) in [6.45, 7) is 8.20. The Morgan fingerprint density at radius 3 is 2.58 bits per heavy atom. The standard InChI is InChI=1S/C26H27ClN2O2/c1-17(2)22(15-28)26(30)29-25-13-6-8-18(3)23(25)16-31-20-10-7-9-19(14-20)21-11-4-5-12-24(21)27/h4-14,22H,1,15-16,28H2,2-3H3,(H,29,30). The van der Waals surface area contributed by atoms with Crippen molar-refractivity contribution in [2.45, 2.75) is 20.5 Å². The van der Waals surface area contributed by atoms with Crippen molar-refractivity contribution in [3.63, 3.8) is 0 Å². The number of carbonyl (C=O) groups is 1. The van der Waals surface area contributed by atoms with Crippen molar-refractivity contribution in [2.24, 2.45) is 11.7 Å². The first-order valence-corrected chi connectivity index (χ1v) is 10.5. The van der Waals surface area contributed by atoms with Crippen molar-refractivity contribution in [1.82, 2.24) is 0 Å². The fourth-order valence-electron chi connectivity index (χ4n) is 3.37. The molecule has 3 N–H and O–H groups in total. The summed E-state index contributed by atoms with van der Waals surface area (Å²) in [7, 11) is 0. The lowest BCUT2D eigenvalue weighted by molar-refractivity contribution is -0.118. The highest BCUT2D eigenvalue weighted by Gasteiger charge is 2.19. The predicted octanol–water partition coefficient (Wildman–Crippen LogP) is 5.98. The van der Waals surface area contributed by atoms with Crippen molar-refractivity contribution < 1.29 is 9.53 Å². The second-order valence-electron chi connectivity index (χ2n) is 7.52. The normalized spacial score (nSPS) is 11.6. The van der Waals surface area contributed by atoms with E-state index in [-0.39, 0.29) is 12.5 Å². The molecule has 0 radical (unpaired) electrons. The molecule has 3 aromatic carbocycles. The van der Waals surface area contributed by atoms with Crippen LogP contribution in [0.1, 0.15) is 18.1 Å². The van der Waals surface area contributed by atoms with Crippen LogP contribution in [0.5, 0.6) is 5.75 Å². The number of hydrogen-bond acceptors (Lipinski definition) is 3. The second kappa shape index (κ2) is 10.3. The first kappa shape index (κ1) is 22.6. The van der Waals surface area contributed by atoms with Gasteiger partial charge in [0, 0.05) is 28.4 Å². The molecule has 160 valence electrons. The number of halogens is 1. The Morgan fingerprint density at radius 2 is 1.87 bits per heavy atom. The summed E-state index contributed by atoms with van der Waals surface area (Å²) in [4.78, 5) is 12.7. The molecule has 1 amide bonds. The van der Waals surface area contributed by atoms with Crippen molar-refractivity contribution in [3.05, 3.63) is 95.0 Å². The van der Waals surface area contributed by atoms with Gasteiger partial charge in [-0.1, -0.05) is 66.2 Å². The lowest BCUT2D eigenvalue weighted by Crippen LogP contribution is -2.30. The summed E-state index contributed by atoms with van der Waals surface area (Å²) in [6.07, 6.45) is 0. The third-order valence-corrected chi connectivity index (χ3v) is 5.55. The Hall–Kier alpha value is -3.08. The van der Waals surface area contributed by atoms with E-state index in [1.54, 1.807) is 0 Å².